The van der Waals surface area contributed by atoms with Crippen molar-refractivity contribution in [3.63, 3.8) is 0 Å². The molecule has 0 heterocycles. The third kappa shape index (κ3) is 4.75. The Bertz CT molecular complexity index is 338. The van der Waals surface area contributed by atoms with Crippen LogP contribution in [0.2, 0.25) is 0 Å². The zero-order valence-electron chi connectivity index (χ0n) is 9.03. The summed E-state index contributed by atoms with van der Waals surface area (Å²) in [6.07, 6.45) is 0.0581. The number of anilines is 1. The number of carbonyl (C=O) groups excluding carboxylic acids is 1. The maximum Gasteiger partial charge on any atom is 0.319 e. The van der Waals surface area contributed by atoms with Gasteiger partial charge < -0.3 is 15.7 Å². The van der Waals surface area contributed by atoms with Crippen molar-refractivity contribution in [2.45, 2.75) is 19.4 Å². The molecule has 0 spiro atoms. The van der Waals surface area contributed by atoms with Gasteiger partial charge in [-0.3, -0.25) is 0 Å². The Morgan fingerprint density at radius 1 is 1.44 bits per heavy atom. The monoisotopic (exact) mass is 226 g/mol. The Kier molecular flexibility index (Phi) is 4.72. The molecule has 16 heavy (non-hydrogen) atoms. The third-order valence-electron chi connectivity index (χ3n) is 1.95. The van der Waals surface area contributed by atoms with E-state index in [-0.39, 0.29) is 11.8 Å². The molecule has 2 amide bonds. The summed E-state index contributed by atoms with van der Waals surface area (Å²) in [6, 6.07) is 5.12. The van der Waals surface area contributed by atoms with Crippen molar-refractivity contribution < 1.29 is 14.3 Å². The van der Waals surface area contributed by atoms with E-state index >= 15 is 0 Å². The second-order valence-electron chi connectivity index (χ2n) is 3.53. The van der Waals surface area contributed by atoms with Gasteiger partial charge >= 0.3 is 6.03 Å². The Balaban J connectivity index is 2.31. The molecule has 0 bridgehead atoms. The fraction of sp³-hybridized carbons (Fsp3) is 0.364. The van der Waals surface area contributed by atoms with Crippen LogP contribution in [0.25, 0.3) is 0 Å². The molecule has 4 nitrogen and oxygen atoms in total. The summed E-state index contributed by atoms with van der Waals surface area (Å²) in [5.41, 5.74) is 0.524. The molecule has 0 saturated carbocycles. The molecule has 5 heteroatoms. The Labute approximate surface area is 93.5 Å². The number of rotatable bonds is 4. The molecule has 1 aromatic rings. The molecule has 0 saturated heterocycles. The molecule has 1 atom stereocenters. The molecule has 1 rings (SSSR count). The highest BCUT2D eigenvalue weighted by Gasteiger charge is 2.02. The van der Waals surface area contributed by atoms with Crippen molar-refractivity contribution in [1.82, 2.24) is 5.32 Å². The number of hydrogen-bond acceptors (Lipinski definition) is 2. The molecular weight excluding hydrogens is 211 g/mol. The lowest BCUT2D eigenvalue weighted by Gasteiger charge is -2.08. The van der Waals surface area contributed by atoms with Gasteiger partial charge in [0.05, 0.1) is 6.10 Å². The minimum absolute atomic E-state index is 0.347. The predicted molar refractivity (Wildman–Crippen MR) is 59.7 cm³/mol. The van der Waals surface area contributed by atoms with Crippen LogP contribution in [0.3, 0.4) is 0 Å². The number of urea groups is 1. The molecule has 1 aromatic carbocycles. The molecule has 0 fully saturated rings. The molecule has 0 radical (unpaired) electrons. The van der Waals surface area contributed by atoms with Gasteiger partial charge in [0.1, 0.15) is 5.82 Å². The number of amides is 2. The quantitative estimate of drug-likeness (QED) is 0.732. The molecule has 0 aliphatic heterocycles. The molecule has 0 aliphatic carbocycles. The number of aliphatic hydroxyl groups is 1. The molecular formula is C11H15FN2O2. The topological polar surface area (TPSA) is 61.4 Å². The zero-order chi connectivity index (χ0) is 12.0. The van der Waals surface area contributed by atoms with Crippen LogP contribution in [0.1, 0.15) is 13.3 Å². The second-order valence-corrected chi connectivity index (χ2v) is 3.53. The van der Waals surface area contributed by atoms with Crippen molar-refractivity contribution in [2.24, 2.45) is 0 Å². The van der Waals surface area contributed by atoms with Crippen molar-refractivity contribution in [2.75, 3.05) is 11.9 Å². The van der Waals surface area contributed by atoms with E-state index < -0.39 is 6.10 Å². The normalized spacial score (nSPS) is 11.9. The summed E-state index contributed by atoms with van der Waals surface area (Å²) in [6.45, 7) is 2.05. The minimum atomic E-state index is -0.439. The van der Waals surface area contributed by atoms with Gasteiger partial charge in [0, 0.05) is 12.2 Å². The largest absolute Gasteiger partial charge is 0.393 e. The Morgan fingerprint density at radius 3 is 2.62 bits per heavy atom. The van der Waals surface area contributed by atoms with E-state index in [0.717, 1.165) is 0 Å². The van der Waals surface area contributed by atoms with Crippen LogP contribution in [0.15, 0.2) is 24.3 Å². The van der Waals surface area contributed by atoms with E-state index in [2.05, 4.69) is 10.6 Å². The SMILES string of the molecule is C[C@H](O)CCNC(=O)Nc1ccc(F)cc1. The first kappa shape index (κ1) is 12.4. The van der Waals surface area contributed by atoms with Gasteiger partial charge in [0.25, 0.3) is 0 Å². The highest BCUT2D eigenvalue weighted by atomic mass is 19.1. The van der Waals surface area contributed by atoms with Crippen molar-refractivity contribution in [1.29, 1.82) is 0 Å². The summed E-state index contributed by atoms with van der Waals surface area (Å²) in [4.78, 5) is 11.3. The van der Waals surface area contributed by atoms with Gasteiger partial charge in [-0.1, -0.05) is 0 Å². The van der Waals surface area contributed by atoms with E-state index in [1.54, 1.807) is 6.92 Å². The van der Waals surface area contributed by atoms with Gasteiger partial charge in [-0.15, -0.1) is 0 Å². The van der Waals surface area contributed by atoms with Gasteiger partial charge in [0.15, 0.2) is 0 Å². The van der Waals surface area contributed by atoms with E-state index in [4.69, 9.17) is 5.11 Å². The molecule has 88 valence electrons. The molecule has 0 unspecified atom stereocenters. The van der Waals surface area contributed by atoms with Gasteiger partial charge in [-0.2, -0.15) is 0 Å². The number of carbonyl (C=O) groups is 1. The lowest BCUT2D eigenvalue weighted by Crippen LogP contribution is -2.30. The summed E-state index contributed by atoms with van der Waals surface area (Å²) in [7, 11) is 0. The smallest absolute Gasteiger partial charge is 0.319 e. The summed E-state index contributed by atoms with van der Waals surface area (Å²) >= 11 is 0. The minimum Gasteiger partial charge on any atom is -0.393 e. The van der Waals surface area contributed by atoms with E-state index in [1.165, 1.54) is 24.3 Å². The number of benzene rings is 1. The zero-order valence-corrected chi connectivity index (χ0v) is 9.03. The maximum absolute atomic E-state index is 12.6. The number of halogens is 1. The summed E-state index contributed by atoms with van der Waals surface area (Å²) in [5, 5.41) is 14.1. The lowest BCUT2D eigenvalue weighted by atomic mass is 10.3. The fourth-order valence-electron chi connectivity index (χ4n) is 1.10. The van der Waals surface area contributed by atoms with Crippen molar-refractivity contribution >= 4 is 11.7 Å². The Morgan fingerprint density at radius 2 is 2.06 bits per heavy atom. The summed E-state index contributed by atoms with van der Waals surface area (Å²) < 4.78 is 12.6. The second kappa shape index (κ2) is 6.07. The molecule has 0 aliphatic rings. The molecule has 0 aromatic heterocycles. The van der Waals surface area contributed by atoms with Crippen LogP contribution in [-0.2, 0) is 0 Å². The van der Waals surface area contributed by atoms with Crippen molar-refractivity contribution in [3.8, 4) is 0 Å². The number of aliphatic hydroxyl groups excluding tert-OH is 1. The van der Waals surface area contributed by atoms with Gasteiger partial charge in [0.2, 0.25) is 0 Å². The maximum atomic E-state index is 12.6. The van der Waals surface area contributed by atoms with Gasteiger partial charge in [-0.05, 0) is 37.6 Å². The van der Waals surface area contributed by atoms with Crippen LogP contribution >= 0.6 is 0 Å². The summed E-state index contributed by atoms with van der Waals surface area (Å²) in [5.74, 6) is -0.347. The first-order valence-corrected chi connectivity index (χ1v) is 5.06. The molecule has 3 N–H and O–H groups in total. The first-order valence-electron chi connectivity index (χ1n) is 5.06. The van der Waals surface area contributed by atoms with Crippen LogP contribution < -0.4 is 10.6 Å². The number of hydrogen-bond donors (Lipinski definition) is 3. The lowest BCUT2D eigenvalue weighted by molar-refractivity contribution is 0.184. The number of nitrogens with one attached hydrogen (secondary N) is 2. The van der Waals surface area contributed by atoms with E-state index in [9.17, 15) is 9.18 Å². The van der Waals surface area contributed by atoms with Crippen LogP contribution in [0, 0.1) is 5.82 Å². The average molecular weight is 226 g/mol. The van der Waals surface area contributed by atoms with E-state index in [0.29, 0.717) is 18.7 Å². The Hall–Kier alpha value is -1.62. The van der Waals surface area contributed by atoms with Crippen molar-refractivity contribution in [3.05, 3.63) is 30.1 Å². The standard InChI is InChI=1S/C11H15FN2O2/c1-8(15)6-7-13-11(16)14-10-4-2-9(12)3-5-10/h2-5,8,15H,6-7H2,1H3,(H2,13,14,16)/t8-/m0/s1. The third-order valence-corrected chi connectivity index (χ3v) is 1.95. The van der Waals surface area contributed by atoms with Gasteiger partial charge in [-0.25, -0.2) is 9.18 Å². The van der Waals surface area contributed by atoms with Crippen LogP contribution in [0.4, 0.5) is 14.9 Å². The van der Waals surface area contributed by atoms with Crippen LogP contribution in [-0.4, -0.2) is 23.8 Å². The average Bonchev–Trinajstić information content (AvgIpc) is 2.21. The fourth-order valence-corrected chi connectivity index (χ4v) is 1.10. The van der Waals surface area contributed by atoms with Crippen LogP contribution in [0.5, 0.6) is 0 Å². The van der Waals surface area contributed by atoms with E-state index in [1.807, 2.05) is 0 Å². The predicted octanol–water partition coefficient (Wildman–Crippen LogP) is 1.72. The highest BCUT2D eigenvalue weighted by molar-refractivity contribution is 5.89. The first-order chi connectivity index (χ1) is 7.58. The highest BCUT2D eigenvalue weighted by Crippen LogP contribution is 2.07.